The monoisotopic (exact) mass is 209 g/mol. The quantitative estimate of drug-likeness (QED) is 0.806. The van der Waals surface area contributed by atoms with Crippen LogP contribution in [0.3, 0.4) is 0 Å². The lowest BCUT2D eigenvalue weighted by Gasteiger charge is -2.07. The maximum absolute atomic E-state index is 13.4. The van der Waals surface area contributed by atoms with Gasteiger partial charge in [0.05, 0.1) is 6.61 Å². The van der Waals surface area contributed by atoms with Gasteiger partial charge in [-0.3, -0.25) is 0 Å². The van der Waals surface area contributed by atoms with Crippen LogP contribution in [0.25, 0.3) is 0 Å². The molecule has 0 heterocycles. The molecular formula is C12H16FNO. The molecule has 15 heavy (non-hydrogen) atoms. The smallest absolute Gasteiger partial charge is 0.130 e. The van der Waals surface area contributed by atoms with Crippen LogP contribution >= 0.6 is 0 Å². The first-order valence-electron chi connectivity index (χ1n) is 5.41. The molecule has 0 spiro atoms. The molecular weight excluding hydrogens is 193 g/mol. The molecule has 1 aromatic carbocycles. The predicted octanol–water partition coefficient (Wildman–Crippen LogP) is 2.12. The summed E-state index contributed by atoms with van der Waals surface area (Å²) < 4.78 is 18.9. The van der Waals surface area contributed by atoms with Gasteiger partial charge in [-0.2, -0.15) is 0 Å². The molecule has 0 atom stereocenters. The van der Waals surface area contributed by atoms with Crippen molar-refractivity contribution in [2.75, 3.05) is 13.2 Å². The van der Waals surface area contributed by atoms with Crippen LogP contribution in [0.2, 0.25) is 0 Å². The number of rotatable bonds is 5. The van der Waals surface area contributed by atoms with Crippen molar-refractivity contribution < 1.29 is 9.13 Å². The third kappa shape index (κ3) is 2.93. The third-order valence-corrected chi connectivity index (χ3v) is 2.62. The molecule has 2 rings (SSSR count). The first-order valence-corrected chi connectivity index (χ1v) is 5.41. The van der Waals surface area contributed by atoms with Gasteiger partial charge in [0.15, 0.2) is 0 Å². The van der Waals surface area contributed by atoms with E-state index in [4.69, 9.17) is 10.5 Å². The number of nitrogens with two attached hydrogens (primary N) is 1. The van der Waals surface area contributed by atoms with Crippen molar-refractivity contribution in [3.05, 3.63) is 29.6 Å². The van der Waals surface area contributed by atoms with Crippen LogP contribution in [0.4, 0.5) is 4.39 Å². The van der Waals surface area contributed by atoms with Gasteiger partial charge in [-0.05, 0) is 43.4 Å². The lowest BCUT2D eigenvalue weighted by atomic mass is 10.1. The van der Waals surface area contributed by atoms with Crippen molar-refractivity contribution in [3.8, 4) is 5.75 Å². The number of halogens is 1. The highest BCUT2D eigenvalue weighted by Gasteiger charge is 2.21. The van der Waals surface area contributed by atoms with Crippen LogP contribution in [0.5, 0.6) is 5.75 Å². The molecule has 2 nitrogen and oxygen atoms in total. The van der Waals surface area contributed by atoms with Crippen molar-refractivity contribution >= 4 is 0 Å². The zero-order valence-corrected chi connectivity index (χ0v) is 8.71. The number of ether oxygens (including phenoxy) is 1. The summed E-state index contributed by atoms with van der Waals surface area (Å²) in [5, 5.41) is 0. The molecule has 3 heteroatoms. The predicted molar refractivity (Wildman–Crippen MR) is 57.4 cm³/mol. The largest absolute Gasteiger partial charge is 0.493 e. The van der Waals surface area contributed by atoms with Crippen molar-refractivity contribution in [3.63, 3.8) is 0 Å². The summed E-state index contributed by atoms with van der Waals surface area (Å²) in [4.78, 5) is 0. The molecule has 1 fully saturated rings. The summed E-state index contributed by atoms with van der Waals surface area (Å²) in [6, 6.07) is 5.02. The molecule has 0 unspecified atom stereocenters. The van der Waals surface area contributed by atoms with Gasteiger partial charge in [0, 0.05) is 6.07 Å². The van der Waals surface area contributed by atoms with Crippen molar-refractivity contribution in [1.29, 1.82) is 0 Å². The SMILES string of the molecule is NCCc1ccc(OCC2CC2)cc1F. The van der Waals surface area contributed by atoms with E-state index < -0.39 is 0 Å². The van der Waals surface area contributed by atoms with Gasteiger partial charge < -0.3 is 10.5 Å². The van der Waals surface area contributed by atoms with Gasteiger partial charge >= 0.3 is 0 Å². The van der Waals surface area contributed by atoms with Crippen LogP contribution in [0.15, 0.2) is 18.2 Å². The maximum atomic E-state index is 13.4. The van der Waals surface area contributed by atoms with Gasteiger partial charge in [0.2, 0.25) is 0 Å². The van der Waals surface area contributed by atoms with Crippen LogP contribution in [0.1, 0.15) is 18.4 Å². The second-order valence-corrected chi connectivity index (χ2v) is 4.05. The third-order valence-electron chi connectivity index (χ3n) is 2.62. The van der Waals surface area contributed by atoms with Gasteiger partial charge in [-0.15, -0.1) is 0 Å². The summed E-state index contributed by atoms with van der Waals surface area (Å²) in [6.07, 6.45) is 3.07. The average molecular weight is 209 g/mol. The minimum atomic E-state index is -0.214. The Balaban J connectivity index is 1.96. The van der Waals surface area contributed by atoms with E-state index in [0.29, 0.717) is 30.2 Å². The highest BCUT2D eigenvalue weighted by atomic mass is 19.1. The summed E-state index contributed by atoms with van der Waals surface area (Å²) in [5.74, 6) is 1.10. The Labute approximate surface area is 89.2 Å². The normalized spacial score (nSPS) is 15.3. The zero-order chi connectivity index (χ0) is 10.7. The number of hydrogen-bond donors (Lipinski definition) is 1. The maximum Gasteiger partial charge on any atom is 0.130 e. The summed E-state index contributed by atoms with van der Waals surface area (Å²) in [6.45, 7) is 1.19. The fourth-order valence-corrected chi connectivity index (χ4v) is 1.47. The topological polar surface area (TPSA) is 35.2 Å². The Morgan fingerprint density at radius 3 is 2.80 bits per heavy atom. The average Bonchev–Trinajstić information content (AvgIpc) is 3.03. The molecule has 1 aliphatic carbocycles. The van der Waals surface area contributed by atoms with Gasteiger partial charge in [-0.25, -0.2) is 4.39 Å². The second-order valence-electron chi connectivity index (χ2n) is 4.05. The lowest BCUT2D eigenvalue weighted by Crippen LogP contribution is -2.05. The molecule has 0 saturated heterocycles. The van der Waals surface area contributed by atoms with E-state index in [9.17, 15) is 4.39 Å². The van der Waals surface area contributed by atoms with E-state index in [1.54, 1.807) is 6.07 Å². The van der Waals surface area contributed by atoms with Crippen LogP contribution in [0, 0.1) is 11.7 Å². The van der Waals surface area contributed by atoms with E-state index in [2.05, 4.69) is 0 Å². The first kappa shape index (κ1) is 10.4. The molecule has 2 N–H and O–H groups in total. The van der Waals surface area contributed by atoms with Gasteiger partial charge in [-0.1, -0.05) is 6.07 Å². The number of hydrogen-bond acceptors (Lipinski definition) is 2. The Morgan fingerprint density at radius 2 is 2.20 bits per heavy atom. The molecule has 0 radical (unpaired) electrons. The fourth-order valence-electron chi connectivity index (χ4n) is 1.47. The Kier molecular flexibility index (Phi) is 3.21. The van der Waals surface area contributed by atoms with E-state index in [0.717, 1.165) is 6.61 Å². The number of benzene rings is 1. The van der Waals surface area contributed by atoms with E-state index in [1.165, 1.54) is 18.9 Å². The van der Waals surface area contributed by atoms with Crippen molar-refractivity contribution in [2.24, 2.45) is 11.7 Å². The molecule has 1 aromatic rings. The summed E-state index contributed by atoms with van der Waals surface area (Å²) >= 11 is 0. The first-order chi connectivity index (χ1) is 7.29. The van der Waals surface area contributed by atoms with E-state index >= 15 is 0 Å². The molecule has 82 valence electrons. The fraction of sp³-hybridized carbons (Fsp3) is 0.500. The Bertz CT molecular complexity index is 336. The minimum absolute atomic E-state index is 0.214. The van der Waals surface area contributed by atoms with Crippen molar-refractivity contribution in [1.82, 2.24) is 0 Å². The highest BCUT2D eigenvalue weighted by Crippen LogP contribution is 2.29. The standard InChI is InChI=1S/C12H16FNO/c13-12-7-11(15-8-9-1-2-9)4-3-10(12)5-6-14/h3-4,7,9H,1-2,5-6,8,14H2. The molecule has 1 aliphatic rings. The summed E-state index contributed by atoms with van der Waals surface area (Å²) in [5.41, 5.74) is 6.04. The minimum Gasteiger partial charge on any atom is -0.493 e. The summed E-state index contributed by atoms with van der Waals surface area (Å²) in [7, 11) is 0. The van der Waals surface area contributed by atoms with Crippen LogP contribution < -0.4 is 10.5 Å². The Morgan fingerprint density at radius 1 is 1.40 bits per heavy atom. The van der Waals surface area contributed by atoms with Gasteiger partial charge in [0.1, 0.15) is 11.6 Å². The molecule has 0 aromatic heterocycles. The molecule has 1 saturated carbocycles. The molecule has 0 bridgehead atoms. The van der Waals surface area contributed by atoms with E-state index in [-0.39, 0.29) is 5.82 Å². The second kappa shape index (κ2) is 4.62. The van der Waals surface area contributed by atoms with Crippen LogP contribution in [-0.4, -0.2) is 13.2 Å². The Hall–Kier alpha value is -1.09. The lowest BCUT2D eigenvalue weighted by molar-refractivity contribution is 0.298. The van der Waals surface area contributed by atoms with Crippen LogP contribution in [-0.2, 0) is 6.42 Å². The van der Waals surface area contributed by atoms with Gasteiger partial charge in [0.25, 0.3) is 0 Å². The van der Waals surface area contributed by atoms with E-state index in [1.807, 2.05) is 6.07 Å². The zero-order valence-electron chi connectivity index (χ0n) is 8.71. The van der Waals surface area contributed by atoms with Crippen molar-refractivity contribution in [2.45, 2.75) is 19.3 Å². The molecule has 0 aliphatic heterocycles. The molecule has 0 amide bonds. The highest BCUT2D eigenvalue weighted by molar-refractivity contribution is 5.29.